The van der Waals surface area contributed by atoms with Crippen molar-refractivity contribution < 1.29 is 4.79 Å². The summed E-state index contributed by atoms with van der Waals surface area (Å²) in [6.45, 7) is 4.70. The number of rotatable bonds is 4. The molecule has 112 valence electrons. The van der Waals surface area contributed by atoms with Crippen molar-refractivity contribution in [1.82, 2.24) is 15.2 Å². The van der Waals surface area contributed by atoms with Crippen LogP contribution in [0.2, 0.25) is 0 Å². The summed E-state index contributed by atoms with van der Waals surface area (Å²) >= 11 is 0. The molecule has 0 spiro atoms. The van der Waals surface area contributed by atoms with Crippen LogP contribution >= 0.6 is 0 Å². The number of likely N-dealkylation sites (N-methyl/N-ethyl adjacent to an activating group) is 1. The highest BCUT2D eigenvalue weighted by atomic mass is 16.1. The Kier molecular flexibility index (Phi) is 4.14. The van der Waals surface area contributed by atoms with Crippen LogP contribution in [-0.2, 0) is 0 Å². The van der Waals surface area contributed by atoms with Gasteiger partial charge in [-0.15, -0.1) is 0 Å². The molecule has 0 atom stereocenters. The fourth-order valence-corrected chi connectivity index (χ4v) is 1.93. The number of carbonyl (C=O) groups excluding carboxylic acids is 1. The minimum Gasteiger partial charge on any atom is -0.384 e. The molecule has 2 aromatic rings. The molecular weight excluding hydrogens is 264 g/mol. The Morgan fingerprint density at radius 3 is 2.67 bits per heavy atom. The third kappa shape index (κ3) is 3.31. The molecule has 1 amide bonds. The van der Waals surface area contributed by atoms with E-state index in [1.54, 1.807) is 6.07 Å². The molecule has 0 saturated carbocycles. The topological polar surface area (TPSA) is 71.2 Å². The van der Waals surface area contributed by atoms with Gasteiger partial charge in [0.1, 0.15) is 5.82 Å². The van der Waals surface area contributed by atoms with Crippen molar-refractivity contribution in [2.75, 3.05) is 26.4 Å². The lowest BCUT2D eigenvalue weighted by atomic mass is 10.0. The number of nitrogens with one attached hydrogen (secondary N) is 1. The number of nitrogens with zero attached hydrogens (tertiary/aromatic N) is 2. The molecule has 2 rings (SSSR count). The smallest absolute Gasteiger partial charge is 0.252 e. The Labute approximate surface area is 125 Å². The van der Waals surface area contributed by atoms with Crippen LogP contribution in [-0.4, -0.2) is 42.0 Å². The molecule has 0 aliphatic heterocycles. The maximum atomic E-state index is 12.5. The minimum atomic E-state index is -0.129. The van der Waals surface area contributed by atoms with Gasteiger partial charge < -0.3 is 16.0 Å². The zero-order valence-corrected chi connectivity index (χ0v) is 13.0. The van der Waals surface area contributed by atoms with Gasteiger partial charge >= 0.3 is 0 Å². The fraction of sp³-hybridized carbons (Fsp3) is 0.375. The van der Waals surface area contributed by atoms with Crippen molar-refractivity contribution in [3.63, 3.8) is 0 Å². The lowest BCUT2D eigenvalue weighted by molar-refractivity contribution is 0.0921. The van der Waals surface area contributed by atoms with Gasteiger partial charge in [-0.05, 0) is 40.1 Å². The highest BCUT2D eigenvalue weighted by Crippen LogP contribution is 2.19. The summed E-state index contributed by atoms with van der Waals surface area (Å²) in [7, 11) is 3.98. The van der Waals surface area contributed by atoms with Crippen LogP contribution in [0.1, 0.15) is 24.2 Å². The second-order valence-corrected chi connectivity index (χ2v) is 6.00. The molecule has 5 heteroatoms. The third-order valence-electron chi connectivity index (χ3n) is 3.87. The van der Waals surface area contributed by atoms with Crippen LogP contribution in [0.3, 0.4) is 0 Å². The Morgan fingerprint density at radius 1 is 1.33 bits per heavy atom. The highest BCUT2D eigenvalue weighted by molar-refractivity contribution is 6.06. The van der Waals surface area contributed by atoms with E-state index in [9.17, 15) is 4.79 Å². The van der Waals surface area contributed by atoms with Gasteiger partial charge in [0.2, 0.25) is 0 Å². The summed E-state index contributed by atoms with van der Waals surface area (Å²) in [5.74, 6) is 0.223. The molecule has 0 bridgehead atoms. The van der Waals surface area contributed by atoms with E-state index < -0.39 is 0 Å². The molecule has 3 N–H and O–H groups in total. The lowest BCUT2D eigenvalue weighted by Crippen LogP contribution is -2.48. The van der Waals surface area contributed by atoms with Gasteiger partial charge in [-0.1, -0.05) is 18.2 Å². The first-order chi connectivity index (χ1) is 9.81. The molecule has 1 heterocycles. The molecule has 0 radical (unpaired) electrons. The summed E-state index contributed by atoms with van der Waals surface area (Å²) < 4.78 is 0. The number of fused-ring (bicyclic) bond motifs is 1. The number of hydrogen-bond donors (Lipinski definition) is 2. The fourth-order valence-electron chi connectivity index (χ4n) is 1.93. The van der Waals surface area contributed by atoms with E-state index >= 15 is 0 Å². The van der Waals surface area contributed by atoms with Crippen LogP contribution in [0.15, 0.2) is 30.3 Å². The van der Waals surface area contributed by atoms with Crippen molar-refractivity contribution in [1.29, 1.82) is 0 Å². The van der Waals surface area contributed by atoms with Gasteiger partial charge in [-0.3, -0.25) is 4.79 Å². The second kappa shape index (κ2) is 5.69. The van der Waals surface area contributed by atoms with E-state index in [1.807, 2.05) is 38.4 Å². The largest absolute Gasteiger partial charge is 0.384 e. The van der Waals surface area contributed by atoms with Gasteiger partial charge in [0.05, 0.1) is 11.1 Å². The average Bonchev–Trinajstić information content (AvgIpc) is 2.43. The molecule has 1 aromatic carbocycles. The molecule has 21 heavy (non-hydrogen) atoms. The van der Waals surface area contributed by atoms with Gasteiger partial charge in [0.25, 0.3) is 5.91 Å². The van der Waals surface area contributed by atoms with Crippen LogP contribution in [0, 0.1) is 0 Å². The standard InChI is InChI=1S/C16H22N4O/c1-16(2,20(3)4)10-18-15(21)12-9-14(17)19-13-8-6-5-7-11(12)13/h5-9H,10H2,1-4H3,(H2,17,19)(H,18,21). The summed E-state index contributed by atoms with van der Waals surface area (Å²) in [6.07, 6.45) is 0. The Hall–Kier alpha value is -2.14. The number of anilines is 1. The number of benzene rings is 1. The van der Waals surface area contributed by atoms with Crippen molar-refractivity contribution in [3.05, 3.63) is 35.9 Å². The monoisotopic (exact) mass is 286 g/mol. The maximum Gasteiger partial charge on any atom is 0.252 e. The van der Waals surface area contributed by atoms with Crippen LogP contribution in [0.4, 0.5) is 5.82 Å². The Bertz CT molecular complexity index is 664. The zero-order chi connectivity index (χ0) is 15.6. The number of para-hydroxylation sites is 1. The number of amides is 1. The quantitative estimate of drug-likeness (QED) is 0.900. The van der Waals surface area contributed by atoms with E-state index in [1.165, 1.54) is 0 Å². The summed E-state index contributed by atoms with van der Waals surface area (Å²) in [4.78, 5) is 18.8. The zero-order valence-electron chi connectivity index (χ0n) is 13.0. The normalized spacial score (nSPS) is 11.9. The first-order valence-electron chi connectivity index (χ1n) is 6.92. The molecule has 0 fully saturated rings. The van der Waals surface area contributed by atoms with Crippen molar-refractivity contribution in [2.45, 2.75) is 19.4 Å². The predicted octanol–water partition coefficient (Wildman–Crippen LogP) is 1.89. The van der Waals surface area contributed by atoms with E-state index in [0.717, 1.165) is 10.9 Å². The highest BCUT2D eigenvalue weighted by Gasteiger charge is 2.22. The number of carbonyl (C=O) groups is 1. The van der Waals surface area contributed by atoms with E-state index in [-0.39, 0.29) is 11.4 Å². The number of pyridine rings is 1. The Morgan fingerprint density at radius 2 is 2.00 bits per heavy atom. The third-order valence-corrected chi connectivity index (χ3v) is 3.87. The number of nitrogen functional groups attached to an aromatic ring is 1. The number of aromatic nitrogens is 1. The van der Waals surface area contributed by atoms with Crippen LogP contribution in [0.25, 0.3) is 10.9 Å². The van der Waals surface area contributed by atoms with Crippen LogP contribution < -0.4 is 11.1 Å². The number of hydrogen-bond acceptors (Lipinski definition) is 4. The van der Waals surface area contributed by atoms with Gasteiger partial charge in [-0.25, -0.2) is 4.98 Å². The average molecular weight is 286 g/mol. The molecular formula is C16H22N4O. The van der Waals surface area contributed by atoms with Crippen LogP contribution in [0.5, 0.6) is 0 Å². The number of nitrogens with two attached hydrogens (primary N) is 1. The summed E-state index contributed by atoms with van der Waals surface area (Å²) in [5.41, 5.74) is 6.97. The van der Waals surface area contributed by atoms with Crippen molar-refractivity contribution in [2.24, 2.45) is 0 Å². The first kappa shape index (κ1) is 15.3. The van der Waals surface area contributed by atoms with Gasteiger partial charge in [0.15, 0.2) is 0 Å². The summed E-state index contributed by atoms with van der Waals surface area (Å²) in [6, 6.07) is 9.13. The Balaban J connectivity index is 2.28. The molecule has 0 unspecified atom stereocenters. The van der Waals surface area contributed by atoms with E-state index in [0.29, 0.717) is 17.9 Å². The van der Waals surface area contributed by atoms with E-state index in [2.05, 4.69) is 29.0 Å². The second-order valence-electron chi connectivity index (χ2n) is 6.00. The maximum absolute atomic E-state index is 12.5. The first-order valence-corrected chi connectivity index (χ1v) is 6.92. The SMILES string of the molecule is CN(C)C(C)(C)CNC(=O)c1cc(N)nc2ccccc12. The summed E-state index contributed by atoms with van der Waals surface area (Å²) in [5, 5.41) is 3.79. The van der Waals surface area contributed by atoms with Gasteiger partial charge in [-0.2, -0.15) is 0 Å². The lowest BCUT2D eigenvalue weighted by Gasteiger charge is -2.32. The minimum absolute atomic E-state index is 0.121. The molecule has 0 aliphatic carbocycles. The molecule has 5 nitrogen and oxygen atoms in total. The van der Waals surface area contributed by atoms with E-state index in [4.69, 9.17) is 5.73 Å². The predicted molar refractivity (Wildman–Crippen MR) is 86.3 cm³/mol. The van der Waals surface area contributed by atoms with Crippen molar-refractivity contribution in [3.8, 4) is 0 Å². The van der Waals surface area contributed by atoms with Gasteiger partial charge in [0, 0.05) is 17.5 Å². The molecule has 1 aromatic heterocycles. The molecule has 0 aliphatic rings. The molecule has 0 saturated heterocycles. The van der Waals surface area contributed by atoms with Crippen molar-refractivity contribution >= 4 is 22.6 Å².